The van der Waals surface area contributed by atoms with Gasteiger partial charge in [-0.25, -0.2) is 0 Å². The van der Waals surface area contributed by atoms with Crippen molar-refractivity contribution in [3.63, 3.8) is 0 Å². The first-order valence-corrected chi connectivity index (χ1v) is 7.34. The largest absolute Gasteiger partial charge is 0.361 e. The van der Waals surface area contributed by atoms with Crippen LogP contribution in [0.15, 0.2) is 38.7 Å². The molecular formula is C14H12N4O3S. The lowest BCUT2D eigenvalue weighted by molar-refractivity contribution is -0.116. The summed E-state index contributed by atoms with van der Waals surface area (Å²) in [6.45, 7) is 1.93. The number of aromatic nitrogens is 3. The van der Waals surface area contributed by atoms with E-state index in [2.05, 4.69) is 20.6 Å². The van der Waals surface area contributed by atoms with E-state index in [0.29, 0.717) is 23.2 Å². The predicted molar refractivity (Wildman–Crippen MR) is 79.7 cm³/mol. The van der Waals surface area contributed by atoms with Crippen molar-refractivity contribution in [2.75, 3.05) is 0 Å². The Morgan fingerprint density at radius 2 is 2.32 bits per heavy atom. The summed E-state index contributed by atoms with van der Waals surface area (Å²) in [4.78, 5) is 16.8. The molecule has 3 rings (SSSR count). The van der Waals surface area contributed by atoms with Gasteiger partial charge in [-0.05, 0) is 24.4 Å². The van der Waals surface area contributed by atoms with Crippen molar-refractivity contribution in [1.29, 1.82) is 0 Å². The maximum absolute atomic E-state index is 11.7. The number of amides is 1. The Morgan fingerprint density at radius 1 is 1.41 bits per heavy atom. The molecule has 0 spiro atoms. The lowest BCUT2D eigenvalue weighted by Gasteiger charge is -1.95. The number of nitrogens with one attached hydrogen (secondary N) is 1. The second kappa shape index (κ2) is 6.35. The fraction of sp³-hybridized carbons (Fsp3) is 0.143. The zero-order valence-electron chi connectivity index (χ0n) is 11.6. The van der Waals surface area contributed by atoms with Crippen LogP contribution in [0.25, 0.3) is 17.6 Å². The molecule has 3 aromatic rings. The SMILES string of the molecule is Cc1cc(-c2noc(CNC(=O)/C=C/c3cccs3)n2)no1. The Hall–Kier alpha value is -2.74. The monoisotopic (exact) mass is 316 g/mol. The highest BCUT2D eigenvalue weighted by atomic mass is 32.1. The van der Waals surface area contributed by atoms with Crippen LogP contribution in [-0.2, 0) is 11.3 Å². The molecular weight excluding hydrogens is 304 g/mol. The second-order valence-corrected chi connectivity index (χ2v) is 5.38. The molecule has 8 heteroatoms. The molecule has 1 amide bonds. The Labute approximate surface area is 129 Å². The van der Waals surface area contributed by atoms with E-state index in [1.54, 1.807) is 30.4 Å². The molecule has 0 aliphatic heterocycles. The summed E-state index contributed by atoms with van der Waals surface area (Å²) in [6, 6.07) is 5.56. The van der Waals surface area contributed by atoms with Crippen molar-refractivity contribution in [1.82, 2.24) is 20.6 Å². The van der Waals surface area contributed by atoms with Gasteiger partial charge in [0.05, 0.1) is 6.54 Å². The first kappa shape index (κ1) is 14.2. The van der Waals surface area contributed by atoms with Crippen molar-refractivity contribution in [2.45, 2.75) is 13.5 Å². The molecule has 0 atom stereocenters. The first-order chi connectivity index (χ1) is 10.7. The summed E-state index contributed by atoms with van der Waals surface area (Å²) >= 11 is 1.56. The van der Waals surface area contributed by atoms with Crippen LogP contribution < -0.4 is 5.32 Å². The van der Waals surface area contributed by atoms with Crippen LogP contribution in [0, 0.1) is 6.92 Å². The Morgan fingerprint density at radius 3 is 3.05 bits per heavy atom. The standard InChI is InChI=1S/C14H12N4O3S/c1-9-7-11(17-20-9)14-16-13(21-18-14)8-15-12(19)5-4-10-3-2-6-22-10/h2-7H,8H2,1H3,(H,15,19)/b5-4+. The molecule has 0 radical (unpaired) electrons. The van der Waals surface area contributed by atoms with Crippen molar-refractivity contribution in [3.05, 3.63) is 46.2 Å². The summed E-state index contributed by atoms with van der Waals surface area (Å²) in [7, 11) is 0. The van der Waals surface area contributed by atoms with Crippen LogP contribution >= 0.6 is 11.3 Å². The van der Waals surface area contributed by atoms with E-state index >= 15 is 0 Å². The average molecular weight is 316 g/mol. The van der Waals surface area contributed by atoms with E-state index in [1.807, 2.05) is 17.5 Å². The van der Waals surface area contributed by atoms with Gasteiger partial charge in [0, 0.05) is 17.0 Å². The van der Waals surface area contributed by atoms with Gasteiger partial charge in [-0.2, -0.15) is 4.98 Å². The van der Waals surface area contributed by atoms with Crippen LogP contribution in [0.3, 0.4) is 0 Å². The van der Waals surface area contributed by atoms with Crippen LogP contribution in [0.1, 0.15) is 16.5 Å². The maximum Gasteiger partial charge on any atom is 0.246 e. The fourth-order valence-corrected chi connectivity index (χ4v) is 2.29. The molecule has 0 bridgehead atoms. The average Bonchev–Trinajstić information content (AvgIpc) is 3.24. The van der Waals surface area contributed by atoms with Crippen molar-refractivity contribution < 1.29 is 13.8 Å². The minimum atomic E-state index is -0.231. The summed E-state index contributed by atoms with van der Waals surface area (Å²) in [5, 5.41) is 12.2. The van der Waals surface area contributed by atoms with Crippen LogP contribution in [0.5, 0.6) is 0 Å². The molecule has 0 aromatic carbocycles. The molecule has 7 nitrogen and oxygen atoms in total. The number of carbonyl (C=O) groups excluding carboxylic acids is 1. The zero-order chi connectivity index (χ0) is 15.4. The first-order valence-electron chi connectivity index (χ1n) is 6.46. The molecule has 0 aliphatic carbocycles. The predicted octanol–water partition coefficient (Wildman–Crippen LogP) is 2.42. The van der Waals surface area contributed by atoms with E-state index in [0.717, 1.165) is 4.88 Å². The van der Waals surface area contributed by atoms with Gasteiger partial charge in [-0.1, -0.05) is 16.4 Å². The number of carbonyl (C=O) groups is 1. The maximum atomic E-state index is 11.7. The quantitative estimate of drug-likeness (QED) is 0.726. The van der Waals surface area contributed by atoms with Gasteiger partial charge in [0.25, 0.3) is 0 Å². The number of aryl methyl sites for hydroxylation is 1. The van der Waals surface area contributed by atoms with Gasteiger partial charge >= 0.3 is 0 Å². The number of hydrogen-bond acceptors (Lipinski definition) is 7. The Balaban J connectivity index is 1.55. The summed E-state index contributed by atoms with van der Waals surface area (Å²) in [5.41, 5.74) is 0.497. The number of thiophene rings is 1. The molecule has 3 aromatic heterocycles. The Bertz CT molecular complexity index is 789. The smallest absolute Gasteiger partial charge is 0.246 e. The van der Waals surface area contributed by atoms with Gasteiger partial charge in [0.1, 0.15) is 5.76 Å². The number of rotatable bonds is 5. The zero-order valence-corrected chi connectivity index (χ0v) is 12.5. The van der Waals surface area contributed by atoms with Crippen molar-refractivity contribution in [3.8, 4) is 11.5 Å². The van der Waals surface area contributed by atoms with E-state index in [1.165, 1.54) is 6.08 Å². The van der Waals surface area contributed by atoms with Crippen molar-refractivity contribution in [2.24, 2.45) is 0 Å². The third-order valence-corrected chi connectivity index (χ3v) is 3.52. The fourth-order valence-electron chi connectivity index (χ4n) is 1.67. The summed E-state index contributed by atoms with van der Waals surface area (Å²) < 4.78 is 9.99. The topological polar surface area (TPSA) is 94.1 Å². The van der Waals surface area contributed by atoms with Crippen molar-refractivity contribution >= 4 is 23.3 Å². The van der Waals surface area contributed by atoms with Crippen LogP contribution in [-0.4, -0.2) is 21.2 Å². The van der Waals surface area contributed by atoms with Crippen LogP contribution in [0.4, 0.5) is 0 Å². The number of nitrogens with zero attached hydrogens (tertiary/aromatic N) is 3. The molecule has 0 fully saturated rings. The van der Waals surface area contributed by atoms with E-state index in [4.69, 9.17) is 9.05 Å². The molecule has 1 N–H and O–H groups in total. The van der Waals surface area contributed by atoms with E-state index in [-0.39, 0.29) is 12.5 Å². The highest BCUT2D eigenvalue weighted by Crippen LogP contribution is 2.15. The third-order valence-electron chi connectivity index (χ3n) is 2.68. The van der Waals surface area contributed by atoms with Gasteiger partial charge in [-0.15, -0.1) is 11.3 Å². The highest BCUT2D eigenvalue weighted by molar-refractivity contribution is 7.10. The van der Waals surface area contributed by atoms with E-state index in [9.17, 15) is 4.79 Å². The van der Waals surface area contributed by atoms with Gasteiger partial charge in [-0.3, -0.25) is 4.79 Å². The molecule has 0 saturated heterocycles. The van der Waals surface area contributed by atoms with E-state index < -0.39 is 0 Å². The summed E-state index contributed by atoms with van der Waals surface area (Å²) in [5.74, 6) is 1.06. The normalized spacial score (nSPS) is 11.1. The third kappa shape index (κ3) is 3.47. The summed E-state index contributed by atoms with van der Waals surface area (Å²) in [6.07, 6.45) is 3.21. The minimum absolute atomic E-state index is 0.150. The lowest BCUT2D eigenvalue weighted by Crippen LogP contribution is -2.20. The van der Waals surface area contributed by atoms with Crippen LogP contribution in [0.2, 0.25) is 0 Å². The molecule has 0 saturated carbocycles. The molecule has 112 valence electrons. The molecule has 0 aliphatic rings. The molecule has 22 heavy (non-hydrogen) atoms. The molecule has 0 unspecified atom stereocenters. The molecule has 3 heterocycles. The highest BCUT2D eigenvalue weighted by Gasteiger charge is 2.12. The lowest BCUT2D eigenvalue weighted by atomic mass is 10.4. The van der Waals surface area contributed by atoms with Gasteiger partial charge in [0.2, 0.25) is 17.6 Å². The number of hydrogen-bond donors (Lipinski definition) is 1. The van der Waals surface area contributed by atoms with Gasteiger partial charge in [0.15, 0.2) is 5.69 Å². The van der Waals surface area contributed by atoms with Gasteiger partial charge < -0.3 is 14.4 Å². The Kier molecular flexibility index (Phi) is 4.10. The second-order valence-electron chi connectivity index (χ2n) is 4.40. The minimum Gasteiger partial charge on any atom is -0.361 e.